The molecule has 1 saturated heterocycles. The van der Waals surface area contributed by atoms with E-state index >= 15 is 0 Å². The second kappa shape index (κ2) is 5.29. The molecular formula is C18H22N4. The van der Waals surface area contributed by atoms with Crippen molar-refractivity contribution in [1.82, 2.24) is 19.4 Å². The molecule has 1 unspecified atom stereocenters. The van der Waals surface area contributed by atoms with E-state index in [0.717, 1.165) is 25.3 Å². The third-order valence-corrected chi connectivity index (χ3v) is 4.70. The minimum absolute atomic E-state index is 0.563. The molecule has 1 aliphatic rings. The predicted molar refractivity (Wildman–Crippen MR) is 88.9 cm³/mol. The third-order valence-electron chi connectivity index (χ3n) is 4.70. The van der Waals surface area contributed by atoms with Crippen molar-refractivity contribution in [2.45, 2.75) is 25.8 Å². The lowest BCUT2D eigenvalue weighted by molar-refractivity contribution is 0.325. The van der Waals surface area contributed by atoms with Gasteiger partial charge in [0.2, 0.25) is 0 Å². The first-order valence-electron chi connectivity index (χ1n) is 7.97. The van der Waals surface area contributed by atoms with Crippen molar-refractivity contribution in [3.8, 4) is 0 Å². The zero-order valence-corrected chi connectivity index (χ0v) is 13.2. The first kappa shape index (κ1) is 13.6. The molecule has 0 bridgehead atoms. The Morgan fingerprint density at radius 3 is 3.05 bits per heavy atom. The molecule has 0 spiro atoms. The van der Waals surface area contributed by atoms with Crippen LogP contribution in [-0.4, -0.2) is 32.5 Å². The molecule has 1 fully saturated rings. The molecule has 4 nitrogen and oxygen atoms in total. The summed E-state index contributed by atoms with van der Waals surface area (Å²) in [6.07, 6.45) is 5.33. The van der Waals surface area contributed by atoms with Crippen LogP contribution in [0, 0.1) is 6.92 Å². The van der Waals surface area contributed by atoms with Gasteiger partial charge in [0.1, 0.15) is 5.82 Å². The Balaban J connectivity index is 1.47. The van der Waals surface area contributed by atoms with Crippen LogP contribution in [0.1, 0.15) is 29.4 Å². The summed E-state index contributed by atoms with van der Waals surface area (Å²) in [6, 6.07) is 8.84. The standard InChI is InChI=1S/C18H22N4/c1-13-10-21(2)18(20-13)16-6-8-22(12-16)11-14-3-4-15-5-7-19-17(15)9-14/h3-5,7,9-10,16,19H,6,8,11-12H2,1-2H3. The molecule has 22 heavy (non-hydrogen) atoms. The topological polar surface area (TPSA) is 36.9 Å². The molecule has 3 aromatic rings. The number of nitrogens with one attached hydrogen (secondary N) is 1. The fourth-order valence-corrected chi connectivity index (χ4v) is 3.65. The zero-order valence-electron chi connectivity index (χ0n) is 13.2. The fraction of sp³-hybridized carbons (Fsp3) is 0.389. The number of likely N-dealkylation sites (tertiary alicyclic amines) is 1. The molecule has 4 rings (SSSR count). The Morgan fingerprint density at radius 2 is 2.23 bits per heavy atom. The van der Waals surface area contributed by atoms with Crippen molar-refractivity contribution in [3.05, 3.63) is 53.7 Å². The maximum atomic E-state index is 4.70. The van der Waals surface area contributed by atoms with Crippen LogP contribution in [0.25, 0.3) is 10.9 Å². The van der Waals surface area contributed by atoms with Crippen molar-refractivity contribution >= 4 is 10.9 Å². The number of imidazole rings is 1. The molecule has 0 saturated carbocycles. The largest absolute Gasteiger partial charge is 0.361 e. The zero-order chi connectivity index (χ0) is 15.1. The molecule has 114 valence electrons. The molecule has 0 amide bonds. The Bertz CT molecular complexity index is 798. The van der Waals surface area contributed by atoms with Crippen LogP contribution in [-0.2, 0) is 13.6 Å². The summed E-state index contributed by atoms with van der Waals surface area (Å²) in [4.78, 5) is 10.5. The van der Waals surface area contributed by atoms with Crippen LogP contribution in [0.3, 0.4) is 0 Å². The van der Waals surface area contributed by atoms with Gasteiger partial charge in [-0.3, -0.25) is 4.90 Å². The van der Waals surface area contributed by atoms with Crippen LogP contribution < -0.4 is 0 Å². The molecule has 3 heterocycles. The molecule has 1 aliphatic heterocycles. The number of H-pyrrole nitrogens is 1. The first-order chi connectivity index (χ1) is 10.7. The molecule has 1 N–H and O–H groups in total. The fourth-order valence-electron chi connectivity index (χ4n) is 3.65. The number of rotatable bonds is 3. The predicted octanol–water partition coefficient (Wildman–Crippen LogP) is 3.20. The quantitative estimate of drug-likeness (QED) is 0.805. The van der Waals surface area contributed by atoms with Gasteiger partial charge in [0.15, 0.2) is 0 Å². The van der Waals surface area contributed by atoms with E-state index in [2.05, 4.69) is 58.9 Å². The van der Waals surface area contributed by atoms with Crippen LogP contribution in [0.4, 0.5) is 0 Å². The van der Waals surface area contributed by atoms with E-state index in [9.17, 15) is 0 Å². The maximum absolute atomic E-state index is 4.70. The maximum Gasteiger partial charge on any atom is 0.113 e. The second-order valence-corrected chi connectivity index (χ2v) is 6.47. The van der Waals surface area contributed by atoms with Crippen molar-refractivity contribution in [1.29, 1.82) is 0 Å². The van der Waals surface area contributed by atoms with Gasteiger partial charge in [0.05, 0.1) is 5.69 Å². The summed E-state index contributed by atoms with van der Waals surface area (Å²) in [6.45, 7) is 5.35. The Morgan fingerprint density at radius 1 is 1.32 bits per heavy atom. The number of aromatic amines is 1. The van der Waals surface area contributed by atoms with Gasteiger partial charge in [-0.15, -0.1) is 0 Å². The van der Waals surface area contributed by atoms with E-state index in [1.54, 1.807) is 0 Å². The van der Waals surface area contributed by atoms with Crippen molar-refractivity contribution in [2.75, 3.05) is 13.1 Å². The summed E-state index contributed by atoms with van der Waals surface area (Å²) >= 11 is 0. The van der Waals surface area contributed by atoms with Gasteiger partial charge in [-0.1, -0.05) is 12.1 Å². The monoisotopic (exact) mass is 294 g/mol. The first-order valence-corrected chi connectivity index (χ1v) is 7.97. The smallest absolute Gasteiger partial charge is 0.113 e. The van der Waals surface area contributed by atoms with Crippen molar-refractivity contribution < 1.29 is 0 Å². The van der Waals surface area contributed by atoms with Crippen molar-refractivity contribution in [3.63, 3.8) is 0 Å². The lowest BCUT2D eigenvalue weighted by Crippen LogP contribution is -2.20. The summed E-state index contributed by atoms with van der Waals surface area (Å²) in [5.74, 6) is 1.80. The Hall–Kier alpha value is -2.07. The molecule has 2 aromatic heterocycles. The minimum Gasteiger partial charge on any atom is -0.361 e. The van der Waals surface area contributed by atoms with E-state index in [4.69, 9.17) is 4.98 Å². The minimum atomic E-state index is 0.563. The highest BCUT2D eigenvalue weighted by atomic mass is 15.2. The van der Waals surface area contributed by atoms with Crippen molar-refractivity contribution in [2.24, 2.45) is 7.05 Å². The third kappa shape index (κ3) is 2.44. The van der Waals surface area contributed by atoms with Gasteiger partial charge in [0.25, 0.3) is 0 Å². The Kier molecular flexibility index (Phi) is 3.26. The molecule has 4 heteroatoms. The summed E-state index contributed by atoms with van der Waals surface area (Å²) in [5.41, 5.74) is 3.73. The molecule has 0 radical (unpaired) electrons. The van der Waals surface area contributed by atoms with Gasteiger partial charge in [-0.2, -0.15) is 0 Å². The molecule has 0 aliphatic carbocycles. The lowest BCUT2D eigenvalue weighted by atomic mass is 10.1. The molecular weight excluding hydrogens is 272 g/mol. The van der Waals surface area contributed by atoms with Gasteiger partial charge in [-0.25, -0.2) is 4.98 Å². The number of hydrogen-bond donors (Lipinski definition) is 1. The van der Waals surface area contributed by atoms with E-state index < -0.39 is 0 Å². The highest BCUT2D eigenvalue weighted by molar-refractivity contribution is 5.79. The molecule has 1 aromatic carbocycles. The number of hydrogen-bond acceptors (Lipinski definition) is 2. The van der Waals surface area contributed by atoms with Crippen LogP contribution >= 0.6 is 0 Å². The number of fused-ring (bicyclic) bond motifs is 1. The van der Waals surface area contributed by atoms with Gasteiger partial charge in [-0.05, 0) is 43.0 Å². The van der Waals surface area contributed by atoms with Crippen LogP contribution in [0.2, 0.25) is 0 Å². The Labute approximate surface area is 130 Å². The van der Waals surface area contributed by atoms with Gasteiger partial charge >= 0.3 is 0 Å². The normalized spacial score (nSPS) is 19.3. The van der Waals surface area contributed by atoms with Crippen LogP contribution in [0.5, 0.6) is 0 Å². The summed E-state index contributed by atoms with van der Waals surface area (Å²) < 4.78 is 2.19. The number of benzene rings is 1. The SMILES string of the molecule is Cc1cn(C)c(C2CCN(Cc3ccc4cc[nH]c4c3)C2)n1. The van der Waals surface area contributed by atoms with Gasteiger partial charge in [0, 0.05) is 44.0 Å². The highest BCUT2D eigenvalue weighted by Gasteiger charge is 2.26. The molecule has 1 atom stereocenters. The average Bonchev–Trinajstić information content (AvgIpc) is 3.18. The van der Waals surface area contributed by atoms with Gasteiger partial charge < -0.3 is 9.55 Å². The highest BCUT2D eigenvalue weighted by Crippen LogP contribution is 2.27. The number of aryl methyl sites for hydroxylation is 2. The van der Waals surface area contributed by atoms with E-state index in [1.807, 2.05) is 6.20 Å². The number of nitrogens with zero attached hydrogens (tertiary/aromatic N) is 3. The average molecular weight is 294 g/mol. The number of aromatic nitrogens is 3. The lowest BCUT2D eigenvalue weighted by Gasteiger charge is -2.16. The van der Waals surface area contributed by atoms with E-state index in [-0.39, 0.29) is 0 Å². The van der Waals surface area contributed by atoms with E-state index in [1.165, 1.54) is 28.7 Å². The van der Waals surface area contributed by atoms with E-state index in [0.29, 0.717) is 5.92 Å². The summed E-state index contributed by atoms with van der Waals surface area (Å²) in [5, 5.41) is 1.28. The second-order valence-electron chi connectivity index (χ2n) is 6.47. The summed E-state index contributed by atoms with van der Waals surface area (Å²) in [7, 11) is 2.11. The van der Waals surface area contributed by atoms with Crippen LogP contribution in [0.15, 0.2) is 36.7 Å².